The van der Waals surface area contributed by atoms with Crippen LogP contribution in [-0.2, 0) is 0 Å². The first-order valence-corrected chi connectivity index (χ1v) is 6.19. The van der Waals surface area contributed by atoms with Crippen LogP contribution in [0.2, 0.25) is 0 Å². The monoisotopic (exact) mass is 300 g/mol. The second-order valence-corrected chi connectivity index (χ2v) is 4.79. The highest BCUT2D eigenvalue weighted by atomic mass is 127. The zero-order chi connectivity index (χ0) is 10.4. The molecule has 0 saturated carbocycles. The molecule has 1 rings (SSSR count). The van der Waals surface area contributed by atoms with Gasteiger partial charge in [-0.1, -0.05) is 42.9 Å². The fourth-order valence-corrected chi connectivity index (χ4v) is 2.43. The smallest absolute Gasteiger partial charge is 0.00895 e. The molecule has 0 bridgehead atoms. The molecular weight excluding hydrogens is 283 g/mol. The van der Waals surface area contributed by atoms with Crippen LogP contribution in [0.15, 0.2) is 45.6 Å². The van der Waals surface area contributed by atoms with E-state index in [9.17, 15) is 0 Å². The summed E-state index contributed by atoms with van der Waals surface area (Å²) in [6, 6.07) is 0. The van der Waals surface area contributed by atoms with Gasteiger partial charge in [-0.15, -0.1) is 0 Å². The van der Waals surface area contributed by atoms with Gasteiger partial charge in [0.2, 0.25) is 0 Å². The Kier molecular flexibility index (Phi) is 5.23. The zero-order valence-corrected chi connectivity index (χ0v) is 11.0. The summed E-state index contributed by atoms with van der Waals surface area (Å²) < 4.78 is 1.35. The molecule has 0 heterocycles. The van der Waals surface area contributed by atoms with Crippen LogP contribution in [0, 0.1) is 5.92 Å². The lowest BCUT2D eigenvalue weighted by molar-refractivity contribution is 0.766. The lowest BCUT2D eigenvalue weighted by Gasteiger charge is -2.13. The standard InChI is InChI=1S/C13H17I/c1-3-7-13(14)10-11(2)12-8-5-4-6-9-12/h4-8,10,12H,3,9H2,1-2H3/b11-10+,13-7+. The zero-order valence-electron chi connectivity index (χ0n) is 8.83. The van der Waals surface area contributed by atoms with Crippen molar-refractivity contribution in [1.82, 2.24) is 0 Å². The molecule has 0 radical (unpaired) electrons. The van der Waals surface area contributed by atoms with Gasteiger partial charge in [0.15, 0.2) is 0 Å². The number of allylic oxidation sites excluding steroid dienone is 8. The Morgan fingerprint density at radius 1 is 1.50 bits per heavy atom. The molecule has 1 atom stereocenters. The predicted octanol–water partition coefficient (Wildman–Crippen LogP) is 4.79. The molecule has 0 spiro atoms. The van der Waals surface area contributed by atoms with Crippen molar-refractivity contribution in [1.29, 1.82) is 0 Å². The molecule has 0 aromatic rings. The summed E-state index contributed by atoms with van der Waals surface area (Å²) in [6.07, 6.45) is 15.6. The molecule has 0 aromatic heterocycles. The van der Waals surface area contributed by atoms with Gasteiger partial charge in [0, 0.05) is 9.50 Å². The Morgan fingerprint density at radius 3 is 2.86 bits per heavy atom. The summed E-state index contributed by atoms with van der Waals surface area (Å²) >= 11 is 2.40. The summed E-state index contributed by atoms with van der Waals surface area (Å²) in [5, 5.41) is 0. The van der Waals surface area contributed by atoms with Crippen LogP contribution in [0.1, 0.15) is 26.7 Å². The highest BCUT2D eigenvalue weighted by Gasteiger charge is 2.06. The van der Waals surface area contributed by atoms with Crippen LogP contribution in [0.5, 0.6) is 0 Å². The van der Waals surface area contributed by atoms with E-state index in [0.29, 0.717) is 5.92 Å². The van der Waals surface area contributed by atoms with Crippen molar-refractivity contribution in [3.05, 3.63) is 45.6 Å². The fourth-order valence-electron chi connectivity index (χ4n) is 1.50. The summed E-state index contributed by atoms with van der Waals surface area (Å²) in [6.45, 7) is 4.39. The summed E-state index contributed by atoms with van der Waals surface area (Å²) in [5.41, 5.74) is 1.46. The molecule has 1 aliphatic carbocycles. The summed E-state index contributed by atoms with van der Waals surface area (Å²) in [7, 11) is 0. The summed E-state index contributed by atoms with van der Waals surface area (Å²) in [5.74, 6) is 0.607. The molecule has 0 N–H and O–H groups in total. The first kappa shape index (κ1) is 11.8. The molecule has 1 unspecified atom stereocenters. The molecule has 0 aliphatic heterocycles. The average molecular weight is 300 g/mol. The minimum atomic E-state index is 0.607. The minimum Gasteiger partial charge on any atom is -0.0836 e. The van der Waals surface area contributed by atoms with Gasteiger partial charge >= 0.3 is 0 Å². The topological polar surface area (TPSA) is 0 Å². The Hall–Kier alpha value is -0.310. The van der Waals surface area contributed by atoms with Crippen molar-refractivity contribution >= 4 is 22.6 Å². The number of hydrogen-bond donors (Lipinski definition) is 0. The van der Waals surface area contributed by atoms with Crippen LogP contribution in [-0.4, -0.2) is 0 Å². The molecule has 0 amide bonds. The van der Waals surface area contributed by atoms with Crippen molar-refractivity contribution < 1.29 is 0 Å². The maximum Gasteiger partial charge on any atom is 0.00895 e. The highest BCUT2D eigenvalue weighted by Crippen LogP contribution is 2.23. The molecule has 0 aromatic carbocycles. The van der Waals surface area contributed by atoms with E-state index in [1.165, 1.54) is 9.15 Å². The Morgan fingerprint density at radius 2 is 2.29 bits per heavy atom. The quantitative estimate of drug-likeness (QED) is 0.519. The van der Waals surface area contributed by atoms with Gasteiger partial charge in [-0.05, 0) is 48.4 Å². The van der Waals surface area contributed by atoms with E-state index in [2.05, 4.69) is 72.9 Å². The van der Waals surface area contributed by atoms with Crippen molar-refractivity contribution in [2.24, 2.45) is 5.92 Å². The van der Waals surface area contributed by atoms with E-state index in [0.717, 1.165) is 12.8 Å². The molecular formula is C13H17I. The molecule has 0 nitrogen and oxygen atoms in total. The van der Waals surface area contributed by atoms with Crippen LogP contribution < -0.4 is 0 Å². The van der Waals surface area contributed by atoms with Crippen molar-refractivity contribution in [2.75, 3.05) is 0 Å². The lowest BCUT2D eigenvalue weighted by Crippen LogP contribution is -1.98. The van der Waals surface area contributed by atoms with E-state index >= 15 is 0 Å². The largest absolute Gasteiger partial charge is 0.0836 e. The van der Waals surface area contributed by atoms with E-state index < -0.39 is 0 Å². The predicted molar refractivity (Wildman–Crippen MR) is 72.5 cm³/mol. The van der Waals surface area contributed by atoms with Gasteiger partial charge in [-0.3, -0.25) is 0 Å². The van der Waals surface area contributed by atoms with Crippen molar-refractivity contribution in [2.45, 2.75) is 26.7 Å². The minimum absolute atomic E-state index is 0.607. The van der Waals surface area contributed by atoms with Crippen LogP contribution in [0.3, 0.4) is 0 Å². The van der Waals surface area contributed by atoms with E-state index in [1.54, 1.807) is 0 Å². The molecule has 1 aliphatic rings. The first-order valence-electron chi connectivity index (χ1n) is 5.11. The Bertz CT molecular complexity index is 292. The van der Waals surface area contributed by atoms with E-state index in [-0.39, 0.29) is 0 Å². The number of halogens is 1. The maximum absolute atomic E-state index is 2.40. The lowest BCUT2D eigenvalue weighted by atomic mass is 9.93. The third-order valence-electron chi connectivity index (χ3n) is 2.33. The van der Waals surface area contributed by atoms with Gasteiger partial charge in [-0.25, -0.2) is 0 Å². The maximum atomic E-state index is 2.40. The molecule has 0 saturated heterocycles. The van der Waals surface area contributed by atoms with Crippen LogP contribution >= 0.6 is 22.6 Å². The Labute approximate surface area is 101 Å². The van der Waals surface area contributed by atoms with Crippen molar-refractivity contribution in [3.8, 4) is 0 Å². The fraction of sp³-hybridized carbons (Fsp3) is 0.385. The van der Waals surface area contributed by atoms with E-state index in [4.69, 9.17) is 0 Å². The summed E-state index contributed by atoms with van der Waals surface area (Å²) in [4.78, 5) is 0. The van der Waals surface area contributed by atoms with Gasteiger partial charge < -0.3 is 0 Å². The molecule has 76 valence electrons. The van der Waals surface area contributed by atoms with Crippen LogP contribution in [0.25, 0.3) is 0 Å². The highest BCUT2D eigenvalue weighted by molar-refractivity contribution is 14.1. The van der Waals surface area contributed by atoms with Gasteiger partial charge in [0.05, 0.1) is 0 Å². The molecule has 14 heavy (non-hydrogen) atoms. The third-order valence-corrected chi connectivity index (χ3v) is 3.08. The van der Waals surface area contributed by atoms with E-state index in [1.807, 2.05) is 0 Å². The molecule has 1 heteroatoms. The average Bonchev–Trinajstić information content (AvgIpc) is 2.19. The number of hydrogen-bond acceptors (Lipinski definition) is 0. The van der Waals surface area contributed by atoms with Gasteiger partial charge in [0.1, 0.15) is 0 Å². The second kappa shape index (κ2) is 6.23. The number of rotatable bonds is 3. The second-order valence-electron chi connectivity index (χ2n) is 3.54. The van der Waals surface area contributed by atoms with Gasteiger partial charge in [0.25, 0.3) is 0 Å². The van der Waals surface area contributed by atoms with Crippen molar-refractivity contribution in [3.63, 3.8) is 0 Å². The van der Waals surface area contributed by atoms with Crippen LogP contribution in [0.4, 0.5) is 0 Å². The SMILES string of the molecule is CC/C=C(I)\C=C(/C)C1C=CC=CC1. The van der Waals surface area contributed by atoms with Gasteiger partial charge in [-0.2, -0.15) is 0 Å². The first-order chi connectivity index (χ1) is 6.74. The molecule has 0 fully saturated rings. The third kappa shape index (κ3) is 3.82. The Balaban J connectivity index is 2.64. The normalized spacial score (nSPS) is 22.9.